The monoisotopic (exact) mass is 529 g/mol. The highest BCUT2D eigenvalue weighted by atomic mass is 32.2. The first-order valence-electron chi connectivity index (χ1n) is 12.8. The fourth-order valence-electron chi connectivity index (χ4n) is 4.86. The first-order chi connectivity index (χ1) is 17.7. The molecule has 2 aliphatic rings. The summed E-state index contributed by atoms with van der Waals surface area (Å²) in [6, 6.07) is 11.5. The number of nitrogens with one attached hydrogen (secondary N) is 1. The Kier molecular flexibility index (Phi) is 8.83. The summed E-state index contributed by atoms with van der Waals surface area (Å²) in [5.74, 6) is -1.06. The van der Waals surface area contributed by atoms with Crippen molar-refractivity contribution in [3.8, 4) is 5.75 Å². The van der Waals surface area contributed by atoms with Gasteiger partial charge in [-0.2, -0.15) is 4.31 Å². The van der Waals surface area contributed by atoms with Crippen LogP contribution in [0.3, 0.4) is 0 Å². The van der Waals surface area contributed by atoms with Crippen LogP contribution in [0.4, 0.5) is 0 Å². The maximum Gasteiger partial charge on any atom is 0.326 e. The highest BCUT2D eigenvalue weighted by molar-refractivity contribution is 7.89. The van der Waals surface area contributed by atoms with E-state index in [2.05, 4.69) is 10.2 Å². The zero-order chi connectivity index (χ0) is 26.4. The molecule has 2 heterocycles. The fraction of sp³-hybridized carbons (Fsp3) is 0.481. The van der Waals surface area contributed by atoms with E-state index >= 15 is 0 Å². The minimum absolute atomic E-state index is 0.0760. The van der Waals surface area contributed by atoms with Crippen molar-refractivity contribution in [2.24, 2.45) is 0 Å². The Hall–Kier alpha value is -2.95. The molecule has 2 aromatic rings. The van der Waals surface area contributed by atoms with Gasteiger partial charge in [-0.25, -0.2) is 13.2 Å². The average Bonchev–Trinajstić information content (AvgIpc) is 3.58. The quantitative estimate of drug-likeness (QED) is 0.459. The number of aliphatic carboxylic acids is 1. The summed E-state index contributed by atoms with van der Waals surface area (Å²) in [7, 11) is -3.87. The molecule has 0 aliphatic carbocycles. The van der Waals surface area contributed by atoms with Crippen LogP contribution in [0.5, 0.6) is 5.75 Å². The highest BCUT2D eigenvalue weighted by Crippen LogP contribution is 2.26. The number of aryl methyl sites for hydroxylation is 1. The van der Waals surface area contributed by atoms with Crippen molar-refractivity contribution in [2.45, 2.75) is 56.0 Å². The average molecular weight is 530 g/mol. The van der Waals surface area contributed by atoms with Crippen molar-refractivity contribution in [3.05, 3.63) is 59.7 Å². The van der Waals surface area contributed by atoms with Crippen molar-refractivity contribution < 1.29 is 27.9 Å². The second kappa shape index (κ2) is 12.1. The fourth-order valence-corrected chi connectivity index (χ4v) is 6.52. The summed E-state index contributed by atoms with van der Waals surface area (Å²) in [4.78, 5) is 27.5. The summed E-state index contributed by atoms with van der Waals surface area (Å²) in [5, 5.41) is 12.3. The van der Waals surface area contributed by atoms with E-state index in [1.165, 1.54) is 29.3 Å². The lowest BCUT2D eigenvalue weighted by atomic mass is 10.1. The van der Waals surface area contributed by atoms with Gasteiger partial charge < -0.3 is 15.2 Å². The number of carboxylic acids is 1. The van der Waals surface area contributed by atoms with Crippen LogP contribution in [-0.2, 0) is 26.0 Å². The van der Waals surface area contributed by atoms with Crippen molar-refractivity contribution in [1.82, 2.24) is 14.5 Å². The summed E-state index contributed by atoms with van der Waals surface area (Å²) >= 11 is 0. The van der Waals surface area contributed by atoms with Crippen LogP contribution < -0.4 is 10.1 Å². The number of likely N-dealkylation sites (tertiary alicyclic amines) is 1. The molecule has 2 aliphatic heterocycles. The van der Waals surface area contributed by atoms with Crippen LogP contribution in [0.25, 0.3) is 0 Å². The number of nitrogens with zero attached hydrogens (tertiary/aromatic N) is 2. The molecule has 2 saturated heterocycles. The minimum Gasteiger partial charge on any atom is -0.492 e. The molecule has 2 atom stereocenters. The van der Waals surface area contributed by atoms with E-state index in [-0.39, 0.29) is 17.9 Å². The Morgan fingerprint density at radius 1 is 1.03 bits per heavy atom. The topological polar surface area (TPSA) is 116 Å². The number of amides is 1. The molecule has 37 heavy (non-hydrogen) atoms. The van der Waals surface area contributed by atoms with Crippen molar-refractivity contribution in [2.75, 3.05) is 32.8 Å². The standard InChI is InChI=1S/C27H35N3O6S/c1-20-6-12-23(13-7-20)37(34,35)30-16-4-5-25(30)26(31)28-24(27(32)33)19-21-8-10-22(11-9-21)36-18-17-29-14-2-3-15-29/h6-13,24-25H,2-5,14-19H2,1H3,(H,28,31)(H,32,33)/t24-,25-/m0/s1. The molecule has 0 radical (unpaired) electrons. The van der Waals surface area contributed by atoms with E-state index in [1.54, 1.807) is 36.4 Å². The summed E-state index contributed by atoms with van der Waals surface area (Å²) < 4.78 is 33.3. The van der Waals surface area contributed by atoms with Crippen LogP contribution in [0.15, 0.2) is 53.4 Å². The largest absolute Gasteiger partial charge is 0.492 e. The normalized spacial score (nSPS) is 19.5. The Bertz CT molecular complexity index is 1180. The maximum atomic E-state index is 13.2. The molecule has 0 aromatic heterocycles. The second-order valence-electron chi connectivity index (χ2n) is 9.73. The molecule has 0 spiro atoms. The van der Waals surface area contributed by atoms with Gasteiger partial charge in [-0.3, -0.25) is 9.69 Å². The van der Waals surface area contributed by atoms with E-state index in [0.717, 1.165) is 30.8 Å². The number of benzene rings is 2. The summed E-state index contributed by atoms with van der Waals surface area (Å²) in [6.07, 6.45) is 3.41. The molecule has 2 fully saturated rings. The Morgan fingerprint density at radius 2 is 1.70 bits per heavy atom. The zero-order valence-corrected chi connectivity index (χ0v) is 22.0. The molecule has 1 amide bonds. The van der Waals surface area contributed by atoms with Crippen LogP contribution in [0.1, 0.15) is 36.8 Å². The molecule has 200 valence electrons. The molecule has 2 N–H and O–H groups in total. The van der Waals surface area contributed by atoms with Crippen molar-refractivity contribution in [3.63, 3.8) is 0 Å². The second-order valence-corrected chi connectivity index (χ2v) is 11.6. The first kappa shape index (κ1) is 27.1. The number of hydrogen-bond acceptors (Lipinski definition) is 6. The Morgan fingerprint density at radius 3 is 2.35 bits per heavy atom. The molecule has 0 bridgehead atoms. The van der Waals surface area contributed by atoms with E-state index < -0.39 is 34.0 Å². The van der Waals surface area contributed by atoms with Crippen molar-refractivity contribution >= 4 is 21.9 Å². The minimum atomic E-state index is -3.87. The molecule has 9 nitrogen and oxygen atoms in total. The molecule has 0 unspecified atom stereocenters. The number of carbonyl (C=O) groups excluding carboxylic acids is 1. The van der Waals surface area contributed by atoms with Crippen LogP contribution in [-0.4, -0.2) is 79.5 Å². The Labute approximate surface area is 218 Å². The third-order valence-electron chi connectivity index (χ3n) is 6.99. The number of carbonyl (C=O) groups is 2. The van der Waals surface area contributed by atoms with Gasteiger partial charge in [-0.05, 0) is 75.5 Å². The summed E-state index contributed by atoms with van der Waals surface area (Å²) in [5.41, 5.74) is 1.66. The van der Waals surface area contributed by atoms with Gasteiger partial charge in [0.15, 0.2) is 0 Å². The third kappa shape index (κ3) is 6.88. The van der Waals surface area contributed by atoms with Gasteiger partial charge in [0.05, 0.1) is 4.90 Å². The summed E-state index contributed by atoms with van der Waals surface area (Å²) in [6.45, 7) is 5.78. The Balaban J connectivity index is 1.35. The van der Waals surface area contributed by atoms with Gasteiger partial charge >= 0.3 is 5.97 Å². The van der Waals surface area contributed by atoms with Crippen LogP contribution in [0.2, 0.25) is 0 Å². The van der Waals surface area contributed by atoms with Gasteiger partial charge in [0, 0.05) is 19.5 Å². The molecule has 2 aromatic carbocycles. The molecule has 10 heteroatoms. The van der Waals surface area contributed by atoms with Gasteiger partial charge in [0.25, 0.3) is 0 Å². The lowest BCUT2D eigenvalue weighted by Crippen LogP contribution is -2.51. The number of carboxylic acid groups (broad SMARTS) is 1. The number of hydrogen-bond donors (Lipinski definition) is 2. The molecule has 4 rings (SSSR count). The lowest BCUT2D eigenvalue weighted by molar-refractivity contribution is -0.142. The molecular formula is C27H35N3O6S. The third-order valence-corrected chi connectivity index (χ3v) is 8.91. The van der Waals surface area contributed by atoms with Gasteiger partial charge in [0.1, 0.15) is 24.4 Å². The van der Waals surface area contributed by atoms with Crippen molar-refractivity contribution in [1.29, 1.82) is 0 Å². The van der Waals surface area contributed by atoms with E-state index in [4.69, 9.17) is 4.74 Å². The van der Waals surface area contributed by atoms with Crippen LogP contribution >= 0.6 is 0 Å². The van der Waals surface area contributed by atoms with Gasteiger partial charge in [-0.15, -0.1) is 0 Å². The van der Waals surface area contributed by atoms with E-state index in [1.807, 2.05) is 6.92 Å². The SMILES string of the molecule is Cc1ccc(S(=O)(=O)N2CCC[C@H]2C(=O)N[C@@H](Cc2ccc(OCCN3CCCC3)cc2)C(=O)O)cc1. The lowest BCUT2D eigenvalue weighted by Gasteiger charge is -2.25. The first-order valence-corrected chi connectivity index (χ1v) is 14.2. The predicted octanol–water partition coefficient (Wildman–Crippen LogP) is 2.43. The highest BCUT2D eigenvalue weighted by Gasteiger charge is 2.40. The van der Waals surface area contributed by atoms with E-state index in [9.17, 15) is 23.1 Å². The predicted molar refractivity (Wildman–Crippen MR) is 139 cm³/mol. The zero-order valence-electron chi connectivity index (χ0n) is 21.1. The molecular weight excluding hydrogens is 494 g/mol. The maximum absolute atomic E-state index is 13.2. The number of ether oxygens (including phenoxy) is 1. The number of sulfonamides is 1. The van der Waals surface area contributed by atoms with E-state index in [0.29, 0.717) is 25.2 Å². The number of rotatable bonds is 11. The van der Waals surface area contributed by atoms with Crippen LogP contribution in [0, 0.1) is 6.92 Å². The molecule has 0 saturated carbocycles. The van der Waals surface area contributed by atoms with Gasteiger partial charge in [-0.1, -0.05) is 29.8 Å². The smallest absolute Gasteiger partial charge is 0.326 e. The van der Waals surface area contributed by atoms with Gasteiger partial charge in [0.2, 0.25) is 15.9 Å².